The van der Waals surface area contributed by atoms with Gasteiger partial charge in [-0.2, -0.15) is 9.30 Å². The van der Waals surface area contributed by atoms with Crippen LogP contribution in [-0.2, 0) is 26.1 Å². The maximum absolute atomic E-state index is 13.2. The van der Waals surface area contributed by atoms with Gasteiger partial charge in [-0.05, 0) is 37.3 Å². The summed E-state index contributed by atoms with van der Waals surface area (Å²) in [6.45, 7) is 3.44. The Bertz CT molecular complexity index is 1340. The smallest absolute Gasteiger partial charge is 0.270 e. The topological polar surface area (TPSA) is 124 Å². The maximum Gasteiger partial charge on any atom is 0.270 e. The summed E-state index contributed by atoms with van der Waals surface area (Å²) >= 11 is 2.27. The highest BCUT2D eigenvalue weighted by Gasteiger charge is 2.40. The Morgan fingerprint density at radius 1 is 1.36 bits per heavy atom. The first kappa shape index (κ1) is 23.7. The zero-order valence-corrected chi connectivity index (χ0v) is 20.2. The number of nitrogens with zero attached hydrogens (tertiary/aromatic N) is 4. The first-order valence-corrected chi connectivity index (χ1v) is 13.5. The molecule has 1 aromatic carbocycles. The van der Waals surface area contributed by atoms with Crippen LogP contribution in [0, 0.1) is 10.1 Å². The number of fused-ring (bicyclic) bond motifs is 1. The fraction of sp³-hybridized carbons (Fsp3) is 0.400. The van der Waals surface area contributed by atoms with Crippen LogP contribution >= 0.6 is 22.7 Å². The molecule has 13 heteroatoms. The third-order valence-electron chi connectivity index (χ3n) is 5.29. The number of nitro groups is 1. The van der Waals surface area contributed by atoms with Crippen molar-refractivity contribution in [2.24, 2.45) is 4.99 Å². The maximum atomic E-state index is 13.2. The molecule has 1 saturated heterocycles. The Morgan fingerprint density at radius 3 is 2.88 bits per heavy atom. The molecule has 10 nitrogen and oxygen atoms in total. The quantitative estimate of drug-likeness (QED) is 0.261. The minimum atomic E-state index is -3.78. The predicted octanol–water partition coefficient (Wildman–Crippen LogP) is 2.99. The molecule has 1 atom stereocenters. The lowest BCUT2D eigenvalue weighted by Gasteiger charge is -2.20. The number of hydrogen-bond acceptors (Lipinski definition) is 8. The van der Waals surface area contributed by atoms with Gasteiger partial charge in [0, 0.05) is 31.8 Å². The first-order chi connectivity index (χ1) is 15.8. The van der Waals surface area contributed by atoms with E-state index < -0.39 is 26.9 Å². The molecule has 2 aromatic heterocycles. The van der Waals surface area contributed by atoms with E-state index >= 15 is 0 Å². The number of thiazole rings is 1. The summed E-state index contributed by atoms with van der Waals surface area (Å²) in [4.78, 5) is 28.5. The lowest BCUT2D eigenvalue weighted by Crippen LogP contribution is -2.40. The van der Waals surface area contributed by atoms with Crippen LogP contribution in [0.15, 0.2) is 44.9 Å². The summed E-state index contributed by atoms with van der Waals surface area (Å²) in [5, 5.41) is 12.9. The van der Waals surface area contributed by atoms with Crippen molar-refractivity contribution in [3.63, 3.8) is 0 Å². The van der Waals surface area contributed by atoms with Gasteiger partial charge in [-0.3, -0.25) is 14.9 Å². The summed E-state index contributed by atoms with van der Waals surface area (Å²) < 4.78 is 35.3. The van der Waals surface area contributed by atoms with Crippen molar-refractivity contribution < 1.29 is 22.9 Å². The van der Waals surface area contributed by atoms with E-state index in [9.17, 15) is 23.3 Å². The van der Waals surface area contributed by atoms with Gasteiger partial charge in [0.2, 0.25) is 0 Å². The second kappa shape index (κ2) is 9.81. The highest BCUT2D eigenvalue weighted by molar-refractivity contribution is 7.91. The van der Waals surface area contributed by atoms with Gasteiger partial charge in [0.05, 0.1) is 21.7 Å². The van der Waals surface area contributed by atoms with Crippen LogP contribution in [-0.4, -0.2) is 53.9 Å². The van der Waals surface area contributed by atoms with Crippen molar-refractivity contribution in [3.05, 3.63) is 50.6 Å². The summed E-state index contributed by atoms with van der Waals surface area (Å²) in [6, 6.07) is 6.79. The molecule has 0 saturated carbocycles. The molecule has 176 valence electrons. The van der Waals surface area contributed by atoms with E-state index in [1.807, 2.05) is 6.92 Å². The number of rotatable bonds is 8. The Hall–Kier alpha value is -2.45. The van der Waals surface area contributed by atoms with Gasteiger partial charge < -0.3 is 9.30 Å². The lowest BCUT2D eigenvalue weighted by molar-refractivity contribution is -0.384. The van der Waals surface area contributed by atoms with Gasteiger partial charge in [-0.15, -0.1) is 11.3 Å². The van der Waals surface area contributed by atoms with Crippen LogP contribution in [0.3, 0.4) is 0 Å². The Kier molecular flexibility index (Phi) is 7.05. The third-order valence-corrected chi connectivity index (χ3v) is 9.62. The number of aromatic nitrogens is 1. The van der Waals surface area contributed by atoms with Crippen molar-refractivity contribution in [1.82, 2.24) is 8.87 Å². The number of hydrogen-bond donors (Lipinski definition) is 0. The SMILES string of the molecule is CCOCCn1c(=NC(=O)C2CCCN2S(=O)(=O)c2cccs2)sc2cc([N+](=O)[O-])ccc21. The van der Waals surface area contributed by atoms with Gasteiger partial charge in [0.1, 0.15) is 10.3 Å². The zero-order chi connectivity index (χ0) is 23.6. The average molecular weight is 511 g/mol. The van der Waals surface area contributed by atoms with Crippen LogP contribution in [0.4, 0.5) is 5.69 Å². The molecule has 3 aromatic rings. The van der Waals surface area contributed by atoms with E-state index in [2.05, 4.69) is 4.99 Å². The van der Waals surface area contributed by atoms with E-state index in [0.29, 0.717) is 47.6 Å². The highest BCUT2D eigenvalue weighted by atomic mass is 32.2. The monoisotopic (exact) mass is 510 g/mol. The molecule has 0 radical (unpaired) electrons. The molecule has 4 rings (SSSR count). The number of carbonyl (C=O) groups is 1. The second-order valence-corrected chi connectivity index (χ2v) is 11.4. The second-order valence-electron chi connectivity index (χ2n) is 7.30. The van der Waals surface area contributed by atoms with Crippen LogP contribution in [0.2, 0.25) is 0 Å². The van der Waals surface area contributed by atoms with Crippen molar-refractivity contribution in [2.75, 3.05) is 19.8 Å². The fourth-order valence-electron chi connectivity index (χ4n) is 3.75. The first-order valence-electron chi connectivity index (χ1n) is 10.3. The van der Waals surface area contributed by atoms with Gasteiger partial charge >= 0.3 is 0 Å². The molecule has 0 aliphatic carbocycles. The summed E-state index contributed by atoms with van der Waals surface area (Å²) in [5.74, 6) is -0.543. The van der Waals surface area contributed by atoms with Crippen LogP contribution in [0.25, 0.3) is 10.2 Å². The predicted molar refractivity (Wildman–Crippen MR) is 125 cm³/mol. The van der Waals surface area contributed by atoms with Gasteiger partial charge in [0.15, 0.2) is 4.80 Å². The van der Waals surface area contributed by atoms with E-state index in [0.717, 1.165) is 22.7 Å². The lowest BCUT2D eigenvalue weighted by atomic mass is 10.2. The van der Waals surface area contributed by atoms with Crippen molar-refractivity contribution >= 4 is 54.5 Å². The van der Waals surface area contributed by atoms with E-state index in [1.54, 1.807) is 22.1 Å². The number of benzene rings is 1. The minimum absolute atomic E-state index is 0.0532. The zero-order valence-electron chi connectivity index (χ0n) is 17.7. The molecule has 0 N–H and O–H groups in total. The molecular weight excluding hydrogens is 488 g/mol. The standard InChI is InChI=1S/C20H22N4O6S3/c1-2-30-11-10-22-15-8-7-14(24(26)27)13-17(15)32-20(22)21-19(25)16-5-3-9-23(16)33(28,29)18-6-4-12-31-18/h4,6-8,12-13,16H,2-3,5,9-11H2,1H3. The molecule has 1 amide bonds. The summed E-state index contributed by atoms with van der Waals surface area (Å²) in [5.41, 5.74) is 0.647. The van der Waals surface area contributed by atoms with E-state index in [4.69, 9.17) is 4.74 Å². The number of ether oxygens (including phenoxy) is 1. The molecular formula is C20H22N4O6S3. The molecule has 1 aliphatic heterocycles. The van der Waals surface area contributed by atoms with Crippen LogP contribution in [0.5, 0.6) is 0 Å². The summed E-state index contributed by atoms with van der Waals surface area (Å²) in [7, 11) is -3.78. The Morgan fingerprint density at radius 2 is 2.18 bits per heavy atom. The van der Waals surface area contributed by atoms with Crippen LogP contribution in [0.1, 0.15) is 19.8 Å². The summed E-state index contributed by atoms with van der Waals surface area (Å²) in [6.07, 6.45) is 0.960. The van der Waals surface area contributed by atoms with E-state index in [1.165, 1.54) is 22.5 Å². The van der Waals surface area contributed by atoms with Crippen molar-refractivity contribution in [2.45, 2.75) is 36.6 Å². The molecule has 0 bridgehead atoms. The van der Waals surface area contributed by atoms with Gasteiger partial charge in [-0.25, -0.2) is 8.42 Å². The Labute approximate surface area is 198 Å². The average Bonchev–Trinajstić information content (AvgIpc) is 3.54. The molecule has 1 fully saturated rings. The minimum Gasteiger partial charge on any atom is -0.380 e. The Balaban J connectivity index is 1.72. The largest absolute Gasteiger partial charge is 0.380 e. The van der Waals surface area contributed by atoms with Crippen LogP contribution < -0.4 is 4.80 Å². The highest BCUT2D eigenvalue weighted by Crippen LogP contribution is 2.29. The number of non-ortho nitro benzene ring substituents is 1. The number of sulfonamides is 1. The molecule has 3 heterocycles. The molecule has 1 aliphatic rings. The molecule has 33 heavy (non-hydrogen) atoms. The molecule has 1 unspecified atom stereocenters. The number of nitro benzene ring substituents is 1. The van der Waals surface area contributed by atoms with E-state index in [-0.39, 0.29) is 16.4 Å². The fourth-order valence-corrected chi connectivity index (χ4v) is 7.61. The number of thiophene rings is 1. The van der Waals surface area contributed by atoms with Gasteiger partial charge in [-0.1, -0.05) is 17.4 Å². The number of carbonyl (C=O) groups excluding carboxylic acids is 1. The normalized spacial score (nSPS) is 17.7. The third kappa shape index (κ3) is 4.77. The number of amides is 1. The van der Waals surface area contributed by atoms with Crippen molar-refractivity contribution in [1.29, 1.82) is 0 Å². The van der Waals surface area contributed by atoms with Crippen molar-refractivity contribution in [3.8, 4) is 0 Å². The molecule has 0 spiro atoms. The van der Waals surface area contributed by atoms with Gasteiger partial charge in [0.25, 0.3) is 21.6 Å².